The molecule has 0 aliphatic carbocycles. The first-order valence-electron chi connectivity index (χ1n) is 16.8. The fraction of sp³-hybridized carbons (Fsp3) is 0.594. The van der Waals surface area contributed by atoms with Crippen LogP contribution < -0.4 is 15.8 Å². The minimum absolute atomic E-state index is 0.0272. The van der Waals surface area contributed by atoms with Crippen LogP contribution in [0.2, 0.25) is 0 Å². The summed E-state index contributed by atoms with van der Waals surface area (Å²) < 4.78 is 70.3. The maximum Gasteiger partial charge on any atom is 0.417 e. The first-order valence-corrected chi connectivity index (χ1v) is 16.7. The average Bonchev–Trinajstić information content (AvgIpc) is 3.66. The van der Waals surface area contributed by atoms with E-state index >= 15 is 0 Å². The topological polar surface area (TPSA) is 123 Å². The van der Waals surface area contributed by atoms with Crippen LogP contribution in [0.25, 0.3) is 11.4 Å². The van der Waals surface area contributed by atoms with Crippen LogP contribution in [0.1, 0.15) is 91.2 Å². The van der Waals surface area contributed by atoms with E-state index in [-0.39, 0.29) is 79.6 Å². The summed E-state index contributed by atoms with van der Waals surface area (Å²) in [7, 11) is 0. The summed E-state index contributed by atoms with van der Waals surface area (Å²) in [5.41, 5.74) is -0.658. The fourth-order valence-electron chi connectivity index (χ4n) is 6.55. The Morgan fingerprint density at radius 3 is 2.62 bits per heavy atom. The Morgan fingerprint density at radius 1 is 1.21 bits per heavy atom. The molecule has 2 amide bonds. The second-order valence-corrected chi connectivity index (χ2v) is 14.3. The number of hydrogen-bond acceptors (Lipinski definition) is 9. The van der Waals surface area contributed by atoms with Gasteiger partial charge in [0.15, 0.2) is 5.82 Å². The van der Waals surface area contributed by atoms with Crippen molar-refractivity contribution >= 4 is 45.4 Å². The number of halogens is 3. The largest absolute Gasteiger partial charge is 0.444 e. The van der Waals surface area contributed by atoms with Crippen molar-refractivity contribution in [2.75, 3.05) is 43.0 Å². The lowest BCUT2D eigenvalue weighted by molar-refractivity contribution is -0.137. The minimum Gasteiger partial charge on any atom is -0.444 e. The molecule has 1 fully saturated rings. The molecule has 6 rings (SSSR count). The third-order valence-electron chi connectivity index (χ3n) is 8.81. The van der Waals surface area contributed by atoms with Gasteiger partial charge in [-0.3, -0.25) is 14.2 Å². The van der Waals surface area contributed by atoms with E-state index in [1.54, 1.807) is 36.3 Å². The van der Waals surface area contributed by atoms with Gasteiger partial charge in [-0.05, 0) is 65.0 Å². The van der Waals surface area contributed by atoms with Gasteiger partial charge in [0.2, 0.25) is 11.7 Å². The Hall–Kier alpha value is -3.92. The van der Waals surface area contributed by atoms with Gasteiger partial charge in [-0.25, -0.2) is 4.79 Å². The average molecular weight is 694 g/mol. The molecular weight excluding hydrogens is 651 g/mol. The van der Waals surface area contributed by atoms with Crippen molar-refractivity contribution in [1.82, 2.24) is 24.1 Å². The highest BCUT2D eigenvalue weighted by atomic mass is 32.1. The molecule has 3 aliphatic heterocycles. The molecule has 16 heteroatoms. The number of carbonyl (C=O) groups excluding carboxylic acids is 2. The number of carbonyl (C=O) groups is 2. The second kappa shape index (κ2) is 12.5. The number of allylic oxidation sites excluding steroid dienone is 1. The van der Waals surface area contributed by atoms with E-state index in [1.807, 2.05) is 18.7 Å². The number of thiophene rings is 1. The molecular formula is C32H40F3N7O5S. The van der Waals surface area contributed by atoms with E-state index in [0.29, 0.717) is 17.0 Å². The van der Waals surface area contributed by atoms with Crippen LogP contribution in [0.4, 0.5) is 28.7 Å². The SMILES string of the molecule is [2H]C1([2H])CCC(c2nc3n4c(c(N5CCN(C(=O)OC(C)(C)C)[C@H](C)C5)c(=O)n3n2)C(C)CC4C(=O)Nc2scc(C(F)(F)F)c2C)=CCO1. The summed E-state index contributed by atoms with van der Waals surface area (Å²) in [4.78, 5) is 49.6. The number of anilines is 2. The van der Waals surface area contributed by atoms with Gasteiger partial charge in [0, 0.05) is 43.5 Å². The number of fused-ring (bicyclic) bond motifs is 3. The van der Waals surface area contributed by atoms with Gasteiger partial charge in [0.25, 0.3) is 5.56 Å². The normalized spacial score (nSPS) is 23.7. The van der Waals surface area contributed by atoms with E-state index in [1.165, 1.54) is 6.92 Å². The molecule has 3 aromatic rings. The fourth-order valence-corrected chi connectivity index (χ4v) is 7.54. The molecule has 0 radical (unpaired) electrons. The van der Waals surface area contributed by atoms with Gasteiger partial charge < -0.3 is 24.6 Å². The molecule has 0 aromatic carbocycles. The van der Waals surface area contributed by atoms with Crippen LogP contribution in [0.3, 0.4) is 0 Å². The zero-order valence-corrected chi connectivity index (χ0v) is 28.4. The molecule has 1 N–H and O–H groups in total. The summed E-state index contributed by atoms with van der Waals surface area (Å²) in [6.45, 7) is 9.36. The lowest BCUT2D eigenvalue weighted by atomic mass is 10.0. The number of amides is 2. The molecule has 1 saturated heterocycles. The summed E-state index contributed by atoms with van der Waals surface area (Å²) in [6, 6.07) is -1.29. The smallest absolute Gasteiger partial charge is 0.417 e. The van der Waals surface area contributed by atoms with Crippen molar-refractivity contribution in [3.05, 3.63) is 44.5 Å². The quantitative estimate of drug-likeness (QED) is 0.375. The number of aromatic nitrogens is 4. The van der Waals surface area contributed by atoms with Gasteiger partial charge in [-0.1, -0.05) is 13.0 Å². The van der Waals surface area contributed by atoms with Gasteiger partial charge in [0.1, 0.15) is 17.3 Å². The summed E-state index contributed by atoms with van der Waals surface area (Å²) in [5.74, 6) is -0.637. The Bertz CT molecular complexity index is 1930. The molecule has 6 heterocycles. The van der Waals surface area contributed by atoms with Crippen molar-refractivity contribution in [1.29, 1.82) is 0 Å². The maximum absolute atomic E-state index is 14.4. The lowest BCUT2D eigenvalue weighted by Crippen LogP contribution is -2.56. The van der Waals surface area contributed by atoms with E-state index in [2.05, 4.69) is 10.4 Å². The van der Waals surface area contributed by atoms with Crippen LogP contribution in [-0.4, -0.2) is 80.5 Å². The second-order valence-electron chi connectivity index (χ2n) is 13.5. The highest BCUT2D eigenvalue weighted by Gasteiger charge is 2.42. The number of alkyl halides is 3. The molecule has 0 bridgehead atoms. The van der Waals surface area contributed by atoms with E-state index in [4.69, 9.17) is 17.2 Å². The van der Waals surface area contributed by atoms with Gasteiger partial charge in [-0.15, -0.1) is 16.4 Å². The van der Waals surface area contributed by atoms with Crippen LogP contribution in [0.5, 0.6) is 0 Å². The van der Waals surface area contributed by atoms with Crippen molar-refractivity contribution in [2.24, 2.45) is 0 Å². The zero-order valence-electron chi connectivity index (χ0n) is 29.6. The molecule has 3 aromatic heterocycles. The predicted molar refractivity (Wildman–Crippen MR) is 175 cm³/mol. The molecule has 12 nitrogen and oxygen atoms in total. The maximum atomic E-state index is 14.4. The Morgan fingerprint density at radius 2 is 1.96 bits per heavy atom. The van der Waals surface area contributed by atoms with Crippen LogP contribution >= 0.6 is 11.3 Å². The van der Waals surface area contributed by atoms with Gasteiger partial charge in [-0.2, -0.15) is 22.7 Å². The third kappa shape index (κ3) is 6.31. The van der Waals surface area contributed by atoms with Crippen LogP contribution in [0.15, 0.2) is 16.3 Å². The molecule has 0 spiro atoms. The first kappa shape index (κ1) is 31.4. The number of hydrogen-bond donors (Lipinski definition) is 1. The Kier molecular flexibility index (Phi) is 8.17. The standard InChI is InChI=1S/C32H40F3N7O5S/c1-17-14-22(26(43)37-27-19(3)21(16-48-27)32(33,34)35)41-23(17)24(39-10-11-40(18(2)15-39)30(45)47-31(4,5)6)28(44)42-29(41)36-25(38-42)20-8-7-12-46-13-9-20/h9,16-18,22H,7-8,10-15H2,1-6H3,(H,37,43)/t17?,18-,22?/m1/s1/i12D2. The van der Waals surface area contributed by atoms with Crippen molar-refractivity contribution in [3.63, 3.8) is 0 Å². The van der Waals surface area contributed by atoms with Crippen LogP contribution in [-0.2, 0) is 20.4 Å². The predicted octanol–water partition coefficient (Wildman–Crippen LogP) is 5.61. The highest BCUT2D eigenvalue weighted by molar-refractivity contribution is 7.14. The van der Waals surface area contributed by atoms with Crippen molar-refractivity contribution in [3.8, 4) is 0 Å². The monoisotopic (exact) mass is 693 g/mol. The summed E-state index contributed by atoms with van der Waals surface area (Å²) in [5, 5.41) is 8.31. The van der Waals surface area contributed by atoms with E-state index in [0.717, 1.165) is 21.2 Å². The molecule has 48 heavy (non-hydrogen) atoms. The van der Waals surface area contributed by atoms with Gasteiger partial charge >= 0.3 is 12.3 Å². The molecule has 3 aliphatic rings. The first-order chi connectivity index (χ1) is 23.3. The number of rotatable bonds is 4. The summed E-state index contributed by atoms with van der Waals surface area (Å²) >= 11 is 0.790. The Labute approximate surface area is 282 Å². The minimum atomic E-state index is -4.57. The number of nitrogens with one attached hydrogen (secondary N) is 1. The Balaban J connectivity index is 1.43. The molecule has 0 saturated carbocycles. The van der Waals surface area contributed by atoms with E-state index < -0.39 is 47.5 Å². The van der Waals surface area contributed by atoms with Crippen molar-refractivity contribution in [2.45, 2.75) is 90.6 Å². The molecule has 260 valence electrons. The highest BCUT2D eigenvalue weighted by Crippen LogP contribution is 2.43. The summed E-state index contributed by atoms with van der Waals surface area (Å²) in [6.07, 6.45) is -2.86. The number of nitrogens with zero attached hydrogens (tertiary/aromatic N) is 6. The number of ether oxygens (including phenoxy) is 2. The molecule has 2 unspecified atom stereocenters. The zero-order chi connectivity index (χ0) is 36.5. The van der Waals surface area contributed by atoms with Crippen molar-refractivity contribution < 1.29 is 35.0 Å². The third-order valence-corrected chi connectivity index (χ3v) is 9.81. The van der Waals surface area contributed by atoms with E-state index in [9.17, 15) is 27.6 Å². The van der Waals surface area contributed by atoms with Gasteiger partial charge in [0.05, 0.1) is 25.6 Å². The molecule has 3 atom stereocenters. The lowest BCUT2D eigenvalue weighted by Gasteiger charge is -2.41. The van der Waals surface area contributed by atoms with Crippen LogP contribution in [0, 0.1) is 6.92 Å². The number of piperazine rings is 1.